The Morgan fingerprint density at radius 1 is 1.29 bits per heavy atom. The second-order valence-corrected chi connectivity index (χ2v) is 6.03. The maximum Gasteiger partial charge on any atom is 0.177 e. The predicted octanol–water partition coefficient (Wildman–Crippen LogP) is 2.42. The largest absolute Gasteiger partial charge is 0.495 e. The number of hydrogen-bond donors (Lipinski definition) is 1. The van der Waals surface area contributed by atoms with Gasteiger partial charge in [0.1, 0.15) is 24.1 Å². The molecule has 0 aromatic heterocycles. The third-order valence-corrected chi connectivity index (χ3v) is 4.06. The molecule has 1 aromatic rings. The molecule has 0 spiro atoms. The molecular weight excluding hydrogens is 268 g/mol. The van der Waals surface area contributed by atoms with Crippen molar-refractivity contribution < 1.29 is 19.4 Å². The van der Waals surface area contributed by atoms with Crippen LogP contribution in [-0.4, -0.2) is 30.2 Å². The van der Waals surface area contributed by atoms with Crippen LogP contribution in [0.5, 0.6) is 0 Å². The minimum absolute atomic E-state index is 0.231. The smallest absolute Gasteiger partial charge is 0.177 e. The zero-order chi connectivity index (χ0) is 15.7. The number of Topliss-reactive ketones (excluding diaryl/α,β-unsaturated/α-hetero) is 1. The van der Waals surface area contributed by atoms with Crippen molar-refractivity contribution in [1.29, 1.82) is 0 Å². The molecule has 0 saturated carbocycles. The maximum absolute atomic E-state index is 12.8. The van der Waals surface area contributed by atoms with Gasteiger partial charge in [-0.25, -0.2) is 0 Å². The van der Waals surface area contributed by atoms with Crippen LogP contribution in [0.4, 0.5) is 0 Å². The maximum atomic E-state index is 12.8. The van der Waals surface area contributed by atoms with Crippen molar-refractivity contribution in [3.8, 4) is 0 Å². The SMILES string of the molecule is C=C1OCCOC(C(C)(O)c2ccccc2)C(=O)C1(C)C. The van der Waals surface area contributed by atoms with Crippen LogP contribution in [0, 0.1) is 5.41 Å². The van der Waals surface area contributed by atoms with Gasteiger partial charge in [0.25, 0.3) is 0 Å². The van der Waals surface area contributed by atoms with Gasteiger partial charge in [-0.2, -0.15) is 0 Å². The molecule has 114 valence electrons. The Bertz CT molecular complexity index is 531. The first-order valence-electron chi connectivity index (χ1n) is 7.04. The Balaban J connectivity index is 2.40. The van der Waals surface area contributed by atoms with Gasteiger partial charge in [0.15, 0.2) is 5.78 Å². The van der Waals surface area contributed by atoms with Gasteiger partial charge in [-0.3, -0.25) is 4.79 Å². The number of benzene rings is 1. The van der Waals surface area contributed by atoms with Crippen molar-refractivity contribution in [1.82, 2.24) is 0 Å². The summed E-state index contributed by atoms with van der Waals surface area (Å²) in [5.74, 6) is 0.172. The third kappa shape index (κ3) is 2.87. The highest BCUT2D eigenvalue weighted by Gasteiger charge is 2.47. The molecule has 1 fully saturated rings. The average Bonchev–Trinajstić information content (AvgIpc) is 2.46. The van der Waals surface area contributed by atoms with E-state index < -0.39 is 17.1 Å². The van der Waals surface area contributed by atoms with Crippen LogP contribution in [0.15, 0.2) is 42.7 Å². The Morgan fingerprint density at radius 3 is 2.52 bits per heavy atom. The summed E-state index contributed by atoms with van der Waals surface area (Å²) >= 11 is 0. The van der Waals surface area contributed by atoms with E-state index in [1.807, 2.05) is 18.2 Å². The van der Waals surface area contributed by atoms with E-state index in [9.17, 15) is 9.90 Å². The summed E-state index contributed by atoms with van der Waals surface area (Å²) in [6, 6.07) is 9.08. The molecule has 1 heterocycles. The van der Waals surface area contributed by atoms with Crippen LogP contribution >= 0.6 is 0 Å². The molecule has 1 aromatic carbocycles. The standard InChI is InChI=1S/C17H22O4/c1-12-16(2,3)14(18)15(21-11-10-20-12)17(4,19)13-8-6-5-7-9-13/h5-9,15,19H,1,10-11H2,2-4H3. The summed E-state index contributed by atoms with van der Waals surface area (Å²) in [5, 5.41) is 10.9. The Labute approximate surface area is 125 Å². The second kappa shape index (κ2) is 5.62. The van der Waals surface area contributed by atoms with Crippen LogP contribution in [0.2, 0.25) is 0 Å². The average molecular weight is 290 g/mol. The van der Waals surface area contributed by atoms with E-state index in [4.69, 9.17) is 9.47 Å². The number of rotatable bonds is 2. The lowest BCUT2D eigenvalue weighted by Crippen LogP contribution is -2.51. The zero-order valence-electron chi connectivity index (χ0n) is 12.8. The summed E-state index contributed by atoms with van der Waals surface area (Å²) < 4.78 is 11.0. The van der Waals surface area contributed by atoms with Crippen molar-refractivity contribution in [2.75, 3.05) is 13.2 Å². The van der Waals surface area contributed by atoms with Gasteiger partial charge in [-0.05, 0) is 26.3 Å². The molecule has 0 aliphatic carbocycles. The molecular formula is C17H22O4. The lowest BCUT2D eigenvalue weighted by atomic mass is 9.76. The summed E-state index contributed by atoms with van der Waals surface area (Å²) in [6.07, 6.45) is -0.962. The molecule has 4 heteroatoms. The number of allylic oxidation sites excluding steroid dienone is 1. The molecule has 2 unspecified atom stereocenters. The minimum atomic E-state index is -1.41. The van der Waals surface area contributed by atoms with Gasteiger partial charge in [0.05, 0.1) is 12.0 Å². The molecule has 2 atom stereocenters. The van der Waals surface area contributed by atoms with E-state index in [1.54, 1.807) is 32.9 Å². The van der Waals surface area contributed by atoms with Gasteiger partial charge in [0, 0.05) is 0 Å². The molecule has 2 rings (SSSR count). The number of hydrogen-bond acceptors (Lipinski definition) is 4. The van der Waals surface area contributed by atoms with E-state index in [0.29, 0.717) is 17.9 Å². The number of carbonyl (C=O) groups is 1. The lowest BCUT2D eigenvalue weighted by molar-refractivity contribution is -0.167. The van der Waals surface area contributed by atoms with E-state index >= 15 is 0 Å². The molecule has 1 aliphatic heterocycles. The van der Waals surface area contributed by atoms with Gasteiger partial charge < -0.3 is 14.6 Å². The molecule has 0 amide bonds. The lowest BCUT2D eigenvalue weighted by Gasteiger charge is -2.39. The fourth-order valence-corrected chi connectivity index (χ4v) is 2.40. The van der Waals surface area contributed by atoms with Crippen molar-refractivity contribution in [2.24, 2.45) is 5.41 Å². The number of carbonyl (C=O) groups excluding carboxylic acids is 1. The number of ketones is 1. The summed E-state index contributed by atoms with van der Waals surface area (Å²) in [4.78, 5) is 12.8. The zero-order valence-corrected chi connectivity index (χ0v) is 12.8. The topological polar surface area (TPSA) is 55.8 Å². The highest BCUT2D eigenvalue weighted by Crippen LogP contribution is 2.37. The molecule has 0 radical (unpaired) electrons. The van der Waals surface area contributed by atoms with E-state index in [1.165, 1.54) is 0 Å². The van der Waals surface area contributed by atoms with Crippen LogP contribution in [-0.2, 0) is 19.9 Å². The second-order valence-electron chi connectivity index (χ2n) is 6.03. The first-order chi connectivity index (χ1) is 9.78. The summed E-state index contributed by atoms with van der Waals surface area (Å²) in [5.41, 5.74) is -1.68. The van der Waals surface area contributed by atoms with Crippen molar-refractivity contribution in [2.45, 2.75) is 32.5 Å². The Morgan fingerprint density at radius 2 is 1.90 bits per heavy atom. The third-order valence-electron chi connectivity index (χ3n) is 4.06. The highest BCUT2D eigenvalue weighted by atomic mass is 16.5. The Hall–Kier alpha value is -1.65. The molecule has 21 heavy (non-hydrogen) atoms. The van der Waals surface area contributed by atoms with Gasteiger partial charge in [0.2, 0.25) is 0 Å². The van der Waals surface area contributed by atoms with E-state index in [0.717, 1.165) is 0 Å². The molecule has 1 N–H and O–H groups in total. The van der Waals surface area contributed by atoms with Crippen molar-refractivity contribution in [3.63, 3.8) is 0 Å². The number of ether oxygens (including phenoxy) is 2. The van der Waals surface area contributed by atoms with Crippen LogP contribution in [0.1, 0.15) is 26.3 Å². The normalized spacial score (nSPS) is 25.4. The first-order valence-corrected chi connectivity index (χ1v) is 7.04. The fraction of sp³-hybridized carbons (Fsp3) is 0.471. The quantitative estimate of drug-likeness (QED) is 0.909. The van der Waals surface area contributed by atoms with Crippen LogP contribution in [0.3, 0.4) is 0 Å². The molecule has 1 saturated heterocycles. The predicted molar refractivity (Wildman–Crippen MR) is 79.6 cm³/mol. The van der Waals surface area contributed by atoms with Crippen molar-refractivity contribution >= 4 is 5.78 Å². The molecule has 4 nitrogen and oxygen atoms in total. The van der Waals surface area contributed by atoms with Crippen LogP contribution in [0.25, 0.3) is 0 Å². The highest BCUT2D eigenvalue weighted by molar-refractivity contribution is 5.91. The number of aliphatic hydroxyl groups is 1. The molecule has 1 aliphatic rings. The van der Waals surface area contributed by atoms with Gasteiger partial charge in [-0.15, -0.1) is 0 Å². The van der Waals surface area contributed by atoms with Crippen LogP contribution < -0.4 is 0 Å². The summed E-state index contributed by atoms with van der Waals surface area (Å²) in [7, 11) is 0. The minimum Gasteiger partial charge on any atom is -0.495 e. The van der Waals surface area contributed by atoms with E-state index in [2.05, 4.69) is 6.58 Å². The van der Waals surface area contributed by atoms with Gasteiger partial charge >= 0.3 is 0 Å². The van der Waals surface area contributed by atoms with Gasteiger partial charge in [-0.1, -0.05) is 36.9 Å². The van der Waals surface area contributed by atoms with Crippen molar-refractivity contribution in [3.05, 3.63) is 48.2 Å². The fourth-order valence-electron chi connectivity index (χ4n) is 2.40. The summed E-state index contributed by atoms with van der Waals surface area (Å²) in [6.45, 7) is 9.45. The first kappa shape index (κ1) is 15.7. The Kier molecular flexibility index (Phi) is 4.21. The molecule has 0 bridgehead atoms. The van der Waals surface area contributed by atoms with E-state index in [-0.39, 0.29) is 12.4 Å². The monoisotopic (exact) mass is 290 g/mol.